The van der Waals surface area contributed by atoms with E-state index >= 15 is 0 Å². The van der Waals surface area contributed by atoms with Crippen LogP contribution in [0.1, 0.15) is 30.7 Å². The lowest BCUT2D eigenvalue weighted by Crippen LogP contribution is -2.43. The average Bonchev–Trinajstić information content (AvgIpc) is 3.26. The van der Waals surface area contributed by atoms with E-state index in [1.54, 1.807) is 30.3 Å². The summed E-state index contributed by atoms with van der Waals surface area (Å²) in [6.45, 7) is 6.06. The second-order valence-electron chi connectivity index (χ2n) is 6.14. The van der Waals surface area contributed by atoms with Crippen LogP contribution in [0.25, 0.3) is 0 Å². The van der Waals surface area contributed by atoms with Gasteiger partial charge in [0.1, 0.15) is 6.54 Å². The zero-order valence-corrected chi connectivity index (χ0v) is 15.7. The number of thiophene rings is 1. The number of carbonyl (C=O) groups excluding carboxylic acids is 1. The molecule has 1 atom stereocenters. The predicted molar refractivity (Wildman–Crippen MR) is 101 cm³/mol. The van der Waals surface area contributed by atoms with Crippen LogP contribution in [0, 0.1) is 0 Å². The maximum Gasteiger partial charge on any atom is 0.243 e. The van der Waals surface area contributed by atoms with Crippen LogP contribution in [-0.4, -0.2) is 68.5 Å². The summed E-state index contributed by atoms with van der Waals surface area (Å²) in [6, 6.07) is 4.67. The minimum Gasteiger partial charge on any atom is -0.357 e. The van der Waals surface area contributed by atoms with Gasteiger partial charge in [-0.15, -0.1) is 11.3 Å². The van der Waals surface area contributed by atoms with Crippen LogP contribution in [-0.2, 0) is 4.79 Å². The summed E-state index contributed by atoms with van der Waals surface area (Å²) in [6.07, 6.45) is 2.54. The molecule has 1 aromatic rings. The fourth-order valence-corrected chi connectivity index (χ4v) is 3.63. The van der Waals surface area contributed by atoms with Gasteiger partial charge in [-0.05, 0) is 44.3 Å². The highest BCUT2D eigenvalue weighted by molar-refractivity contribution is 7.10. The number of amides is 1. The molecule has 0 aliphatic carbocycles. The number of rotatable bonds is 7. The molecule has 7 heteroatoms. The molecule has 0 radical (unpaired) electrons. The Bertz CT molecular complexity index is 523. The molecule has 1 saturated heterocycles. The fraction of sp³-hybridized carbons (Fsp3) is 0.647. The van der Waals surface area contributed by atoms with Crippen molar-refractivity contribution in [2.24, 2.45) is 4.99 Å². The maximum atomic E-state index is 11.7. The molecule has 0 saturated carbocycles. The quantitative estimate of drug-likeness (QED) is 0.578. The van der Waals surface area contributed by atoms with Crippen molar-refractivity contribution in [3.63, 3.8) is 0 Å². The molecule has 134 valence electrons. The molecular weight excluding hydrogens is 322 g/mol. The van der Waals surface area contributed by atoms with Gasteiger partial charge in [0.2, 0.25) is 5.91 Å². The van der Waals surface area contributed by atoms with E-state index in [0.29, 0.717) is 12.0 Å². The van der Waals surface area contributed by atoms with E-state index in [9.17, 15) is 4.79 Å². The van der Waals surface area contributed by atoms with Crippen molar-refractivity contribution in [1.29, 1.82) is 0 Å². The Morgan fingerprint density at radius 1 is 1.38 bits per heavy atom. The van der Waals surface area contributed by atoms with Crippen molar-refractivity contribution in [3.8, 4) is 0 Å². The first-order valence-corrected chi connectivity index (χ1v) is 9.49. The summed E-state index contributed by atoms with van der Waals surface area (Å²) in [5.41, 5.74) is 0. The van der Waals surface area contributed by atoms with Crippen LogP contribution in [0.5, 0.6) is 0 Å². The van der Waals surface area contributed by atoms with Crippen LogP contribution in [0.15, 0.2) is 22.5 Å². The highest BCUT2D eigenvalue weighted by atomic mass is 32.1. The normalized spacial score (nSPS) is 16.9. The molecule has 2 heterocycles. The largest absolute Gasteiger partial charge is 0.357 e. The number of likely N-dealkylation sites (tertiary alicyclic amines) is 1. The molecule has 1 aliphatic heterocycles. The molecular formula is C17H29N5OS. The van der Waals surface area contributed by atoms with Gasteiger partial charge in [0.05, 0.1) is 6.04 Å². The summed E-state index contributed by atoms with van der Waals surface area (Å²) in [5, 5.41) is 8.77. The first-order chi connectivity index (χ1) is 11.6. The number of nitrogens with zero attached hydrogens (tertiary/aromatic N) is 3. The van der Waals surface area contributed by atoms with E-state index < -0.39 is 0 Å². The third-order valence-electron chi connectivity index (χ3n) is 4.13. The van der Waals surface area contributed by atoms with E-state index in [1.165, 1.54) is 17.7 Å². The predicted octanol–water partition coefficient (Wildman–Crippen LogP) is 1.53. The summed E-state index contributed by atoms with van der Waals surface area (Å²) >= 11 is 1.80. The first-order valence-electron chi connectivity index (χ1n) is 8.61. The van der Waals surface area contributed by atoms with E-state index in [-0.39, 0.29) is 12.5 Å². The third-order valence-corrected chi connectivity index (χ3v) is 5.10. The number of guanidine groups is 1. The number of likely N-dealkylation sites (N-methyl/N-ethyl adjacent to an activating group) is 1. The van der Waals surface area contributed by atoms with Crippen molar-refractivity contribution < 1.29 is 4.79 Å². The Balaban J connectivity index is 1.99. The number of aliphatic imine (C=N–C) groups is 1. The van der Waals surface area contributed by atoms with Gasteiger partial charge >= 0.3 is 0 Å². The summed E-state index contributed by atoms with van der Waals surface area (Å²) in [5.74, 6) is 0.704. The molecule has 1 amide bonds. The second-order valence-corrected chi connectivity index (χ2v) is 7.12. The monoisotopic (exact) mass is 351 g/mol. The van der Waals surface area contributed by atoms with Crippen LogP contribution in [0.2, 0.25) is 0 Å². The standard InChI is InChI=1S/C17H29N5OS/c1-4-18-17(20-13-16(23)21(2)3)19-12-14(15-8-7-11-24-15)22-9-5-6-10-22/h7-8,11,14H,4-6,9-10,12-13H2,1-3H3,(H2,18,19,20). The van der Waals surface area contributed by atoms with Crippen molar-refractivity contribution in [1.82, 2.24) is 20.4 Å². The Kier molecular flexibility index (Phi) is 7.52. The van der Waals surface area contributed by atoms with Crippen LogP contribution >= 0.6 is 11.3 Å². The number of carbonyl (C=O) groups is 1. The molecule has 0 spiro atoms. The van der Waals surface area contributed by atoms with Gasteiger partial charge in [0.15, 0.2) is 5.96 Å². The zero-order valence-electron chi connectivity index (χ0n) is 14.9. The van der Waals surface area contributed by atoms with E-state index in [2.05, 4.69) is 38.0 Å². The number of hydrogen-bond donors (Lipinski definition) is 2. The summed E-state index contributed by atoms with van der Waals surface area (Å²) in [4.78, 5) is 21.6. The molecule has 2 N–H and O–H groups in total. The molecule has 1 aliphatic rings. The van der Waals surface area contributed by atoms with Gasteiger partial charge < -0.3 is 15.5 Å². The highest BCUT2D eigenvalue weighted by Gasteiger charge is 2.24. The Hall–Kier alpha value is -1.60. The van der Waals surface area contributed by atoms with Gasteiger partial charge in [-0.25, -0.2) is 4.99 Å². The first kappa shape index (κ1) is 18.7. The van der Waals surface area contributed by atoms with Gasteiger partial charge in [0.25, 0.3) is 0 Å². The van der Waals surface area contributed by atoms with E-state index in [4.69, 9.17) is 0 Å². The molecule has 0 bridgehead atoms. The Morgan fingerprint density at radius 3 is 2.71 bits per heavy atom. The van der Waals surface area contributed by atoms with Gasteiger partial charge in [-0.1, -0.05) is 6.07 Å². The van der Waals surface area contributed by atoms with Crippen LogP contribution < -0.4 is 10.6 Å². The molecule has 6 nitrogen and oxygen atoms in total. The van der Waals surface area contributed by atoms with Gasteiger partial charge in [0, 0.05) is 32.1 Å². The lowest BCUT2D eigenvalue weighted by Gasteiger charge is -2.27. The van der Waals surface area contributed by atoms with Crippen molar-refractivity contribution >= 4 is 23.2 Å². The topological polar surface area (TPSA) is 60.0 Å². The van der Waals surface area contributed by atoms with Crippen molar-refractivity contribution in [3.05, 3.63) is 22.4 Å². The minimum atomic E-state index is 0.00144. The molecule has 1 fully saturated rings. The molecule has 2 rings (SSSR count). The zero-order chi connectivity index (χ0) is 17.4. The highest BCUT2D eigenvalue weighted by Crippen LogP contribution is 2.27. The molecule has 1 aromatic heterocycles. The summed E-state index contributed by atoms with van der Waals surface area (Å²) < 4.78 is 0. The Morgan fingerprint density at radius 2 is 2.12 bits per heavy atom. The van der Waals surface area contributed by atoms with E-state index in [1.807, 2.05) is 6.92 Å². The van der Waals surface area contributed by atoms with Crippen molar-refractivity contribution in [2.75, 3.05) is 46.8 Å². The van der Waals surface area contributed by atoms with Crippen LogP contribution in [0.3, 0.4) is 0 Å². The van der Waals surface area contributed by atoms with Crippen LogP contribution in [0.4, 0.5) is 0 Å². The van der Waals surface area contributed by atoms with Gasteiger partial charge in [-0.3, -0.25) is 9.69 Å². The molecule has 1 unspecified atom stereocenters. The lowest BCUT2D eigenvalue weighted by molar-refractivity contribution is -0.127. The summed E-state index contributed by atoms with van der Waals surface area (Å²) in [7, 11) is 3.50. The SMILES string of the molecule is CCNC(=NCC(=O)N(C)C)NCC(c1cccs1)N1CCCC1. The minimum absolute atomic E-state index is 0.00144. The Labute approximate surface area is 148 Å². The third kappa shape index (κ3) is 5.49. The molecule has 24 heavy (non-hydrogen) atoms. The maximum absolute atomic E-state index is 11.7. The average molecular weight is 352 g/mol. The van der Waals surface area contributed by atoms with E-state index in [0.717, 1.165) is 26.2 Å². The van der Waals surface area contributed by atoms with Crippen molar-refractivity contribution in [2.45, 2.75) is 25.8 Å². The lowest BCUT2D eigenvalue weighted by atomic mass is 10.2. The smallest absolute Gasteiger partial charge is 0.243 e. The number of nitrogens with one attached hydrogen (secondary N) is 2. The molecule has 0 aromatic carbocycles. The fourth-order valence-electron chi connectivity index (χ4n) is 2.77. The number of hydrogen-bond acceptors (Lipinski definition) is 4. The van der Waals surface area contributed by atoms with Gasteiger partial charge in [-0.2, -0.15) is 0 Å². The second kappa shape index (κ2) is 9.64.